The number of hydroxylamine groups is 1. The number of aromatic amines is 1. The van der Waals surface area contributed by atoms with Gasteiger partial charge in [-0.25, -0.2) is 5.48 Å². The molecule has 1 heterocycles. The van der Waals surface area contributed by atoms with Gasteiger partial charge in [-0.05, 0) is 49.2 Å². The van der Waals surface area contributed by atoms with Crippen LogP contribution in [0.5, 0.6) is 0 Å². The zero-order valence-electron chi connectivity index (χ0n) is 22.6. The molecule has 0 aliphatic carbocycles. The fourth-order valence-electron chi connectivity index (χ4n) is 4.58. The third-order valence-electron chi connectivity index (χ3n) is 6.40. The van der Waals surface area contributed by atoms with Crippen LogP contribution in [0.3, 0.4) is 0 Å². The largest absolute Gasteiger partial charge is 0.361 e. The number of amides is 3. The summed E-state index contributed by atoms with van der Waals surface area (Å²) in [6, 6.07) is 15.0. The van der Waals surface area contributed by atoms with Gasteiger partial charge in [0.1, 0.15) is 6.04 Å². The molecule has 1 aromatic heterocycles. The van der Waals surface area contributed by atoms with Crippen LogP contribution in [0.15, 0.2) is 54.7 Å². The molecule has 0 spiro atoms. The van der Waals surface area contributed by atoms with Gasteiger partial charge in [-0.2, -0.15) is 0 Å². The first-order valence-electron chi connectivity index (χ1n) is 12.9. The molecule has 38 heavy (non-hydrogen) atoms. The smallest absolute Gasteiger partial charge is 0.244 e. The SMILES string of the molecule is CC(C)C[C@H](CC(=O)NO)C(=O)N[C@@H](Cc1c[nH]c2ccccc12)C(=O)NCc1ccc(CN(C)C)cc1. The van der Waals surface area contributed by atoms with Gasteiger partial charge in [0.15, 0.2) is 0 Å². The minimum absolute atomic E-state index is 0.147. The highest BCUT2D eigenvalue weighted by atomic mass is 16.5. The fourth-order valence-corrected chi connectivity index (χ4v) is 4.58. The van der Waals surface area contributed by atoms with E-state index in [1.54, 1.807) is 5.48 Å². The molecule has 2 aromatic carbocycles. The van der Waals surface area contributed by atoms with Crippen molar-refractivity contribution < 1.29 is 19.6 Å². The van der Waals surface area contributed by atoms with Gasteiger partial charge in [0.2, 0.25) is 17.7 Å². The van der Waals surface area contributed by atoms with Gasteiger partial charge in [-0.3, -0.25) is 19.6 Å². The average Bonchev–Trinajstić information content (AvgIpc) is 3.29. The maximum Gasteiger partial charge on any atom is 0.244 e. The zero-order valence-corrected chi connectivity index (χ0v) is 22.6. The summed E-state index contributed by atoms with van der Waals surface area (Å²) in [5, 5.41) is 15.8. The van der Waals surface area contributed by atoms with Crippen LogP contribution < -0.4 is 16.1 Å². The minimum atomic E-state index is -0.846. The van der Waals surface area contributed by atoms with E-state index in [2.05, 4.69) is 20.5 Å². The Morgan fingerprint density at radius 3 is 2.32 bits per heavy atom. The maximum absolute atomic E-state index is 13.4. The highest BCUT2D eigenvalue weighted by Gasteiger charge is 2.28. The lowest BCUT2D eigenvalue weighted by Gasteiger charge is -2.23. The van der Waals surface area contributed by atoms with Crippen LogP contribution in [0.25, 0.3) is 10.9 Å². The number of hydrogen-bond acceptors (Lipinski definition) is 5. The summed E-state index contributed by atoms with van der Waals surface area (Å²) >= 11 is 0. The van der Waals surface area contributed by atoms with E-state index in [1.165, 1.54) is 5.56 Å². The summed E-state index contributed by atoms with van der Waals surface area (Å²) in [6.45, 7) is 5.06. The predicted molar refractivity (Wildman–Crippen MR) is 147 cm³/mol. The lowest BCUT2D eigenvalue weighted by atomic mass is 9.92. The molecule has 3 rings (SSSR count). The second-order valence-corrected chi connectivity index (χ2v) is 10.5. The van der Waals surface area contributed by atoms with E-state index in [0.29, 0.717) is 13.0 Å². The molecule has 0 aliphatic heterocycles. The van der Waals surface area contributed by atoms with Crippen LogP contribution in [0.2, 0.25) is 0 Å². The lowest BCUT2D eigenvalue weighted by Crippen LogP contribution is -2.50. The molecule has 2 atom stereocenters. The maximum atomic E-state index is 13.4. The second-order valence-electron chi connectivity index (χ2n) is 10.5. The molecule has 0 saturated carbocycles. The molecule has 9 nitrogen and oxygen atoms in total. The van der Waals surface area contributed by atoms with E-state index in [-0.39, 0.29) is 24.7 Å². The molecule has 3 aromatic rings. The van der Waals surface area contributed by atoms with Gasteiger partial charge >= 0.3 is 0 Å². The molecule has 5 N–H and O–H groups in total. The van der Waals surface area contributed by atoms with Crippen molar-refractivity contribution >= 4 is 28.6 Å². The number of nitrogens with zero attached hydrogens (tertiary/aromatic N) is 1. The number of rotatable bonds is 13. The molecule has 9 heteroatoms. The number of hydrogen-bond donors (Lipinski definition) is 5. The van der Waals surface area contributed by atoms with E-state index in [1.807, 2.05) is 82.7 Å². The number of carbonyl (C=O) groups is 3. The number of aromatic nitrogens is 1. The Bertz CT molecular complexity index is 1220. The van der Waals surface area contributed by atoms with E-state index in [0.717, 1.165) is 28.6 Å². The van der Waals surface area contributed by atoms with Crippen molar-refractivity contribution in [1.82, 2.24) is 26.0 Å². The van der Waals surface area contributed by atoms with Crippen LogP contribution in [-0.2, 0) is 33.9 Å². The van der Waals surface area contributed by atoms with E-state index in [9.17, 15) is 14.4 Å². The van der Waals surface area contributed by atoms with Crippen molar-refractivity contribution in [1.29, 1.82) is 0 Å². The Labute approximate surface area is 223 Å². The topological polar surface area (TPSA) is 127 Å². The monoisotopic (exact) mass is 521 g/mol. The van der Waals surface area contributed by atoms with Crippen molar-refractivity contribution in [2.45, 2.75) is 52.2 Å². The molecule has 0 radical (unpaired) electrons. The van der Waals surface area contributed by atoms with Crippen LogP contribution in [-0.4, -0.2) is 52.9 Å². The third kappa shape index (κ3) is 8.43. The lowest BCUT2D eigenvalue weighted by molar-refractivity contribution is -0.136. The molecule has 0 aliphatic rings. The van der Waals surface area contributed by atoms with Gasteiger partial charge in [-0.1, -0.05) is 56.3 Å². The highest BCUT2D eigenvalue weighted by molar-refractivity contribution is 5.91. The number of H-pyrrole nitrogens is 1. The summed E-state index contributed by atoms with van der Waals surface area (Å²) < 4.78 is 0. The summed E-state index contributed by atoms with van der Waals surface area (Å²) in [7, 11) is 4.02. The molecule has 0 fully saturated rings. The van der Waals surface area contributed by atoms with E-state index in [4.69, 9.17) is 5.21 Å². The predicted octanol–water partition coefficient (Wildman–Crippen LogP) is 3.13. The number of fused-ring (bicyclic) bond motifs is 1. The number of nitrogens with one attached hydrogen (secondary N) is 4. The summed E-state index contributed by atoms with van der Waals surface area (Å²) in [4.78, 5) is 43.8. The molecule has 3 amide bonds. The van der Waals surface area contributed by atoms with Gasteiger partial charge in [-0.15, -0.1) is 0 Å². The van der Waals surface area contributed by atoms with E-state index < -0.39 is 23.8 Å². The Morgan fingerprint density at radius 1 is 0.974 bits per heavy atom. The summed E-state index contributed by atoms with van der Waals surface area (Å²) in [5.41, 5.74) is 5.59. The Balaban J connectivity index is 1.77. The molecule has 0 saturated heterocycles. The van der Waals surface area contributed by atoms with Gasteiger partial charge in [0.05, 0.1) is 0 Å². The first-order chi connectivity index (χ1) is 18.2. The Kier molecular flexibility index (Phi) is 10.4. The van der Waals surface area contributed by atoms with Crippen molar-refractivity contribution in [3.05, 3.63) is 71.4 Å². The molecular weight excluding hydrogens is 482 g/mol. The first kappa shape index (κ1) is 28.9. The summed E-state index contributed by atoms with van der Waals surface area (Å²) in [6.07, 6.45) is 2.41. The van der Waals surface area contributed by atoms with Gasteiger partial charge in [0.25, 0.3) is 0 Å². The third-order valence-corrected chi connectivity index (χ3v) is 6.40. The average molecular weight is 522 g/mol. The van der Waals surface area contributed by atoms with E-state index >= 15 is 0 Å². The number of carbonyl (C=O) groups excluding carboxylic acids is 3. The van der Waals surface area contributed by atoms with Crippen LogP contribution in [0.1, 0.15) is 43.4 Å². The highest BCUT2D eigenvalue weighted by Crippen LogP contribution is 2.21. The number of para-hydroxylation sites is 1. The molecule has 204 valence electrons. The van der Waals surface area contributed by atoms with Crippen molar-refractivity contribution in [2.75, 3.05) is 14.1 Å². The Morgan fingerprint density at radius 2 is 1.66 bits per heavy atom. The number of benzene rings is 2. The quantitative estimate of drug-likeness (QED) is 0.175. The minimum Gasteiger partial charge on any atom is -0.361 e. The summed E-state index contributed by atoms with van der Waals surface area (Å²) in [5.74, 6) is -1.87. The Hall–Kier alpha value is -3.69. The van der Waals surface area contributed by atoms with Crippen LogP contribution in [0, 0.1) is 11.8 Å². The molecule has 0 unspecified atom stereocenters. The zero-order chi connectivity index (χ0) is 27.7. The first-order valence-corrected chi connectivity index (χ1v) is 12.9. The van der Waals surface area contributed by atoms with Crippen molar-refractivity contribution in [2.24, 2.45) is 11.8 Å². The molecule has 0 bridgehead atoms. The van der Waals surface area contributed by atoms with Crippen LogP contribution >= 0.6 is 0 Å². The fraction of sp³-hybridized carbons (Fsp3) is 0.414. The standard InChI is InChI=1S/C29H39N5O4/c1-19(2)13-22(15-27(35)33-38)28(36)32-26(14-23-17-30-25-8-6-5-7-24(23)25)29(37)31-16-20-9-11-21(12-10-20)18-34(3)4/h5-12,17,19,22,26,30,38H,13-16,18H2,1-4H3,(H,31,37)(H,32,36)(H,33,35)/t22-,26+/m1/s1. The van der Waals surface area contributed by atoms with Crippen LogP contribution in [0.4, 0.5) is 0 Å². The second kappa shape index (κ2) is 13.7. The van der Waals surface area contributed by atoms with Gasteiger partial charge in [0, 0.05) is 48.9 Å². The van der Waals surface area contributed by atoms with Crippen molar-refractivity contribution in [3.63, 3.8) is 0 Å². The normalized spacial score (nSPS) is 12.9. The van der Waals surface area contributed by atoms with Gasteiger partial charge < -0.3 is 20.5 Å². The van der Waals surface area contributed by atoms with Crippen molar-refractivity contribution in [3.8, 4) is 0 Å². The molecular formula is C29H39N5O4.